The lowest BCUT2D eigenvalue weighted by Crippen LogP contribution is -2.41. The lowest BCUT2D eigenvalue weighted by molar-refractivity contribution is 0.174. The highest BCUT2D eigenvalue weighted by Crippen LogP contribution is 2.35. The van der Waals surface area contributed by atoms with Gasteiger partial charge in [0.25, 0.3) is 0 Å². The van der Waals surface area contributed by atoms with Gasteiger partial charge in [-0.3, -0.25) is 4.68 Å². The Bertz CT molecular complexity index is 901. The standard InChI is InChI=1S/C21H26N4O3/c1-24-18-8-4-7-16(18)17(23-24)12-25(15-5-2-3-6-15)21(26)22-14-9-10-19-20(11-14)28-13-27-19/h9-11,15H,2-8,12-13H2,1H3,(H,22,26). The maximum absolute atomic E-state index is 13.2. The first-order valence-electron chi connectivity index (χ1n) is 10.2. The quantitative estimate of drug-likeness (QED) is 0.877. The number of rotatable bonds is 4. The number of hydrogen-bond donors (Lipinski definition) is 1. The topological polar surface area (TPSA) is 68.6 Å². The van der Waals surface area contributed by atoms with Gasteiger partial charge in [0.15, 0.2) is 11.5 Å². The minimum Gasteiger partial charge on any atom is -0.454 e. The van der Waals surface area contributed by atoms with Crippen LogP contribution in [0.4, 0.5) is 10.5 Å². The first-order chi connectivity index (χ1) is 13.7. The highest BCUT2D eigenvalue weighted by atomic mass is 16.7. The maximum Gasteiger partial charge on any atom is 0.322 e. The van der Waals surface area contributed by atoms with Crippen LogP contribution in [0.2, 0.25) is 0 Å². The Kier molecular flexibility index (Phi) is 4.37. The minimum absolute atomic E-state index is 0.0665. The molecule has 28 heavy (non-hydrogen) atoms. The van der Waals surface area contributed by atoms with Crippen LogP contribution in [-0.2, 0) is 26.4 Å². The summed E-state index contributed by atoms with van der Waals surface area (Å²) in [5, 5.41) is 7.80. The summed E-state index contributed by atoms with van der Waals surface area (Å²) in [7, 11) is 2.01. The van der Waals surface area contributed by atoms with Gasteiger partial charge in [-0.2, -0.15) is 5.10 Å². The first-order valence-corrected chi connectivity index (χ1v) is 10.2. The highest BCUT2D eigenvalue weighted by molar-refractivity contribution is 5.90. The molecular formula is C21H26N4O3. The van der Waals surface area contributed by atoms with Gasteiger partial charge >= 0.3 is 6.03 Å². The van der Waals surface area contributed by atoms with Crippen molar-refractivity contribution in [3.63, 3.8) is 0 Å². The van der Waals surface area contributed by atoms with Crippen LogP contribution in [0.1, 0.15) is 49.1 Å². The number of anilines is 1. The molecule has 5 rings (SSSR count). The van der Waals surface area contributed by atoms with E-state index in [1.165, 1.54) is 30.5 Å². The Morgan fingerprint density at radius 1 is 1.21 bits per heavy atom. The van der Waals surface area contributed by atoms with E-state index >= 15 is 0 Å². The van der Waals surface area contributed by atoms with Crippen LogP contribution in [0.5, 0.6) is 11.5 Å². The molecule has 1 aromatic heterocycles. The predicted octanol–water partition coefficient (Wildman–Crippen LogP) is 3.61. The summed E-state index contributed by atoms with van der Waals surface area (Å²) < 4.78 is 12.8. The molecule has 2 aromatic rings. The summed E-state index contributed by atoms with van der Waals surface area (Å²) in [6.07, 6.45) is 7.82. The molecule has 3 aliphatic rings. The number of amides is 2. The van der Waals surface area contributed by atoms with Crippen molar-refractivity contribution in [2.24, 2.45) is 7.05 Å². The Hall–Kier alpha value is -2.70. The number of hydrogen-bond acceptors (Lipinski definition) is 4. The lowest BCUT2D eigenvalue weighted by atomic mass is 10.1. The summed E-state index contributed by atoms with van der Waals surface area (Å²) in [5.74, 6) is 1.39. The summed E-state index contributed by atoms with van der Waals surface area (Å²) in [6.45, 7) is 0.802. The van der Waals surface area contributed by atoms with Gasteiger partial charge in [0.1, 0.15) is 0 Å². The zero-order valence-corrected chi connectivity index (χ0v) is 16.2. The average Bonchev–Trinajstić information content (AvgIpc) is 3.46. The zero-order valence-electron chi connectivity index (χ0n) is 16.2. The zero-order chi connectivity index (χ0) is 19.1. The summed E-state index contributed by atoms with van der Waals surface area (Å²) in [4.78, 5) is 15.2. The number of carbonyl (C=O) groups excluding carboxylic acids is 1. The third-order valence-corrected chi connectivity index (χ3v) is 6.17. The highest BCUT2D eigenvalue weighted by Gasteiger charge is 2.30. The Morgan fingerprint density at radius 3 is 2.89 bits per heavy atom. The van der Waals surface area contributed by atoms with Gasteiger partial charge in [-0.1, -0.05) is 12.8 Å². The molecule has 0 saturated heterocycles. The van der Waals surface area contributed by atoms with Crippen molar-refractivity contribution in [3.05, 3.63) is 35.2 Å². The van der Waals surface area contributed by atoms with Gasteiger partial charge < -0.3 is 19.7 Å². The van der Waals surface area contributed by atoms with E-state index in [2.05, 4.69) is 5.32 Å². The fraction of sp³-hybridized carbons (Fsp3) is 0.524. The van der Waals surface area contributed by atoms with E-state index in [4.69, 9.17) is 14.6 Å². The molecule has 0 bridgehead atoms. The number of nitrogens with zero attached hydrogens (tertiary/aromatic N) is 3. The summed E-state index contributed by atoms with van der Waals surface area (Å²) in [6, 6.07) is 5.72. The molecule has 1 fully saturated rings. The molecule has 1 aliphatic heterocycles. The number of ether oxygens (including phenoxy) is 2. The fourth-order valence-electron chi connectivity index (χ4n) is 4.74. The van der Waals surface area contributed by atoms with Gasteiger partial charge in [0, 0.05) is 30.5 Å². The van der Waals surface area contributed by atoms with Crippen LogP contribution in [0.3, 0.4) is 0 Å². The Balaban J connectivity index is 1.37. The second-order valence-corrected chi connectivity index (χ2v) is 7.91. The van der Waals surface area contributed by atoms with E-state index in [1.54, 1.807) is 0 Å². The molecule has 0 unspecified atom stereocenters. The number of carbonyl (C=O) groups is 1. The predicted molar refractivity (Wildman–Crippen MR) is 105 cm³/mol. The van der Waals surface area contributed by atoms with Crippen LogP contribution < -0.4 is 14.8 Å². The molecule has 1 N–H and O–H groups in total. The van der Waals surface area contributed by atoms with E-state index < -0.39 is 0 Å². The fourth-order valence-corrected chi connectivity index (χ4v) is 4.74. The van der Waals surface area contributed by atoms with Gasteiger partial charge in [-0.15, -0.1) is 0 Å². The second kappa shape index (κ2) is 7.04. The number of benzene rings is 1. The molecule has 1 aromatic carbocycles. The molecule has 0 atom stereocenters. The van der Waals surface area contributed by atoms with E-state index in [9.17, 15) is 4.79 Å². The molecule has 2 aliphatic carbocycles. The van der Waals surface area contributed by atoms with Crippen LogP contribution in [-0.4, -0.2) is 33.5 Å². The maximum atomic E-state index is 13.2. The SMILES string of the molecule is Cn1nc(CN(C(=O)Nc2ccc3c(c2)OCO3)C2CCCC2)c2c1CCC2. The summed E-state index contributed by atoms with van der Waals surface area (Å²) in [5.41, 5.74) is 4.46. The number of urea groups is 1. The third kappa shape index (κ3) is 3.08. The number of aromatic nitrogens is 2. The second-order valence-electron chi connectivity index (χ2n) is 7.91. The molecular weight excluding hydrogens is 356 g/mol. The van der Waals surface area contributed by atoms with E-state index in [1.807, 2.05) is 34.8 Å². The van der Waals surface area contributed by atoms with Crippen molar-refractivity contribution in [3.8, 4) is 11.5 Å². The molecule has 1 saturated carbocycles. The van der Waals surface area contributed by atoms with Crippen molar-refractivity contribution < 1.29 is 14.3 Å². The summed E-state index contributed by atoms with van der Waals surface area (Å²) >= 11 is 0. The van der Waals surface area contributed by atoms with Crippen molar-refractivity contribution >= 4 is 11.7 Å². The van der Waals surface area contributed by atoms with Crippen molar-refractivity contribution in [1.29, 1.82) is 0 Å². The van der Waals surface area contributed by atoms with Crippen molar-refractivity contribution in [2.45, 2.75) is 57.5 Å². The Morgan fingerprint density at radius 2 is 2.04 bits per heavy atom. The molecule has 7 heteroatoms. The van der Waals surface area contributed by atoms with Gasteiger partial charge in [-0.05, 0) is 49.8 Å². The van der Waals surface area contributed by atoms with E-state index in [0.717, 1.165) is 42.8 Å². The van der Waals surface area contributed by atoms with Crippen LogP contribution in [0.15, 0.2) is 18.2 Å². The largest absolute Gasteiger partial charge is 0.454 e. The van der Waals surface area contributed by atoms with Crippen LogP contribution in [0.25, 0.3) is 0 Å². The van der Waals surface area contributed by atoms with Crippen LogP contribution >= 0.6 is 0 Å². The number of nitrogens with one attached hydrogen (secondary N) is 1. The number of fused-ring (bicyclic) bond motifs is 2. The van der Waals surface area contributed by atoms with Gasteiger partial charge in [0.05, 0.1) is 12.2 Å². The van der Waals surface area contributed by atoms with Crippen molar-refractivity contribution in [2.75, 3.05) is 12.1 Å². The Labute approximate surface area is 164 Å². The molecule has 7 nitrogen and oxygen atoms in total. The average molecular weight is 382 g/mol. The monoisotopic (exact) mass is 382 g/mol. The molecule has 148 valence electrons. The minimum atomic E-state index is -0.0665. The van der Waals surface area contributed by atoms with Gasteiger partial charge in [0.2, 0.25) is 6.79 Å². The first kappa shape index (κ1) is 17.4. The number of aryl methyl sites for hydroxylation is 1. The normalized spacial score (nSPS) is 17.8. The third-order valence-electron chi connectivity index (χ3n) is 6.17. The van der Waals surface area contributed by atoms with Crippen LogP contribution in [0, 0.1) is 0 Å². The van der Waals surface area contributed by atoms with E-state index in [-0.39, 0.29) is 18.9 Å². The van der Waals surface area contributed by atoms with E-state index in [0.29, 0.717) is 12.3 Å². The molecule has 0 spiro atoms. The molecule has 2 amide bonds. The molecule has 2 heterocycles. The van der Waals surface area contributed by atoms with Gasteiger partial charge in [-0.25, -0.2) is 4.79 Å². The van der Waals surface area contributed by atoms with Crippen molar-refractivity contribution in [1.82, 2.24) is 14.7 Å². The lowest BCUT2D eigenvalue weighted by Gasteiger charge is -2.29. The smallest absolute Gasteiger partial charge is 0.322 e. The molecule has 0 radical (unpaired) electrons.